The lowest BCUT2D eigenvalue weighted by Gasteiger charge is -2.18. The van der Waals surface area contributed by atoms with E-state index in [2.05, 4.69) is 45.1 Å². The third-order valence-corrected chi connectivity index (χ3v) is 13.0. The highest BCUT2D eigenvalue weighted by Crippen LogP contribution is 2.17. The molecule has 382 valence electrons. The van der Waals surface area contributed by atoms with Gasteiger partial charge in [0, 0.05) is 19.3 Å². The summed E-state index contributed by atoms with van der Waals surface area (Å²) in [5.41, 5.74) is 0. The standard InChI is InChI=1S/C59H110O6/c1-4-7-10-13-16-19-21-23-25-27-29-31-32-34-36-38-40-43-46-49-52-58(61)64-55-56(54-63-57(60)51-48-45-42-18-15-12-9-6-3)65-59(62)53-50-47-44-41-39-37-35-33-30-28-26-24-22-20-17-14-11-8-5-2/h17,20,24,26,56H,4-16,18-19,21-23,25,27-55H2,1-3H3/b20-17-,26-24-. The van der Waals surface area contributed by atoms with E-state index in [1.807, 2.05) is 0 Å². The lowest BCUT2D eigenvalue weighted by Crippen LogP contribution is -2.30. The second kappa shape index (κ2) is 54.5. The number of carbonyl (C=O) groups excluding carboxylic acids is 3. The number of carbonyl (C=O) groups is 3. The summed E-state index contributed by atoms with van der Waals surface area (Å²) in [6.07, 6.45) is 63.2. The zero-order chi connectivity index (χ0) is 47.2. The second-order valence-corrected chi connectivity index (χ2v) is 19.6. The molecular formula is C59H110O6. The number of hydrogen-bond donors (Lipinski definition) is 0. The van der Waals surface area contributed by atoms with E-state index in [1.165, 1.54) is 212 Å². The molecule has 0 aliphatic rings. The van der Waals surface area contributed by atoms with E-state index in [4.69, 9.17) is 14.2 Å². The highest BCUT2D eigenvalue weighted by Gasteiger charge is 2.19. The Hall–Kier alpha value is -2.11. The minimum Gasteiger partial charge on any atom is -0.462 e. The molecule has 65 heavy (non-hydrogen) atoms. The lowest BCUT2D eigenvalue weighted by atomic mass is 10.0. The van der Waals surface area contributed by atoms with Crippen LogP contribution in [-0.2, 0) is 28.6 Å². The van der Waals surface area contributed by atoms with Gasteiger partial charge in [-0.1, -0.05) is 270 Å². The number of rotatable bonds is 53. The van der Waals surface area contributed by atoms with Crippen LogP contribution >= 0.6 is 0 Å². The fraction of sp³-hybridized carbons (Fsp3) is 0.881. The highest BCUT2D eigenvalue weighted by atomic mass is 16.6. The van der Waals surface area contributed by atoms with Gasteiger partial charge in [-0.3, -0.25) is 14.4 Å². The Kier molecular flexibility index (Phi) is 52.7. The van der Waals surface area contributed by atoms with Crippen LogP contribution in [0, 0.1) is 0 Å². The molecule has 0 saturated heterocycles. The maximum atomic E-state index is 12.8. The zero-order valence-corrected chi connectivity index (χ0v) is 43.8. The van der Waals surface area contributed by atoms with Crippen molar-refractivity contribution in [3.8, 4) is 0 Å². The molecule has 0 heterocycles. The molecule has 0 fully saturated rings. The molecule has 6 heteroatoms. The van der Waals surface area contributed by atoms with Gasteiger partial charge in [-0.15, -0.1) is 0 Å². The van der Waals surface area contributed by atoms with Gasteiger partial charge < -0.3 is 14.2 Å². The van der Waals surface area contributed by atoms with Crippen LogP contribution in [0.1, 0.15) is 316 Å². The maximum absolute atomic E-state index is 12.8. The first-order chi connectivity index (χ1) is 32.0. The largest absolute Gasteiger partial charge is 0.462 e. The summed E-state index contributed by atoms with van der Waals surface area (Å²) in [6.45, 7) is 6.63. The first-order valence-electron chi connectivity index (χ1n) is 28.8. The number of ether oxygens (including phenoxy) is 3. The third kappa shape index (κ3) is 52.7. The molecule has 0 saturated carbocycles. The Morgan fingerprint density at radius 2 is 0.554 bits per heavy atom. The molecular weight excluding hydrogens is 805 g/mol. The Bertz CT molecular complexity index is 1050. The van der Waals surface area contributed by atoms with Crippen LogP contribution in [0.4, 0.5) is 0 Å². The van der Waals surface area contributed by atoms with Crippen molar-refractivity contribution in [3.63, 3.8) is 0 Å². The summed E-state index contributed by atoms with van der Waals surface area (Å²) < 4.78 is 16.8. The zero-order valence-electron chi connectivity index (χ0n) is 43.8. The van der Waals surface area contributed by atoms with Gasteiger partial charge in [0.15, 0.2) is 6.10 Å². The Morgan fingerprint density at radius 3 is 0.877 bits per heavy atom. The van der Waals surface area contributed by atoms with Crippen LogP contribution in [0.3, 0.4) is 0 Å². The van der Waals surface area contributed by atoms with Gasteiger partial charge in [-0.2, -0.15) is 0 Å². The van der Waals surface area contributed by atoms with Gasteiger partial charge in [0.25, 0.3) is 0 Å². The van der Waals surface area contributed by atoms with E-state index < -0.39 is 6.10 Å². The van der Waals surface area contributed by atoms with Gasteiger partial charge in [0.1, 0.15) is 13.2 Å². The van der Waals surface area contributed by atoms with Crippen molar-refractivity contribution < 1.29 is 28.6 Å². The fourth-order valence-corrected chi connectivity index (χ4v) is 8.59. The second-order valence-electron chi connectivity index (χ2n) is 19.6. The van der Waals surface area contributed by atoms with Gasteiger partial charge in [-0.05, 0) is 51.4 Å². The molecule has 1 atom stereocenters. The van der Waals surface area contributed by atoms with Crippen molar-refractivity contribution in [2.75, 3.05) is 13.2 Å². The number of hydrogen-bond acceptors (Lipinski definition) is 6. The summed E-state index contributed by atoms with van der Waals surface area (Å²) in [5, 5.41) is 0. The van der Waals surface area contributed by atoms with E-state index in [0.29, 0.717) is 19.3 Å². The van der Waals surface area contributed by atoms with Crippen molar-refractivity contribution in [2.45, 2.75) is 322 Å². The molecule has 0 aliphatic heterocycles. The quantitative estimate of drug-likeness (QED) is 0.0262. The van der Waals surface area contributed by atoms with Gasteiger partial charge in [-0.25, -0.2) is 0 Å². The molecule has 6 nitrogen and oxygen atoms in total. The highest BCUT2D eigenvalue weighted by molar-refractivity contribution is 5.71. The normalized spacial score (nSPS) is 12.1. The molecule has 1 unspecified atom stereocenters. The van der Waals surface area contributed by atoms with E-state index >= 15 is 0 Å². The average molecular weight is 916 g/mol. The number of unbranched alkanes of at least 4 members (excludes halogenated alkanes) is 38. The fourth-order valence-electron chi connectivity index (χ4n) is 8.59. The summed E-state index contributed by atoms with van der Waals surface area (Å²) in [5.74, 6) is -0.857. The topological polar surface area (TPSA) is 78.9 Å². The Balaban J connectivity index is 4.19. The average Bonchev–Trinajstić information content (AvgIpc) is 3.30. The number of allylic oxidation sites excluding steroid dienone is 4. The first kappa shape index (κ1) is 62.9. The van der Waals surface area contributed by atoms with Crippen LogP contribution in [-0.4, -0.2) is 37.2 Å². The SMILES string of the molecule is CCCCC/C=C\C/C=C\CCCCCCCCCCCC(=O)OC(COC(=O)CCCCCCCCCC)COC(=O)CCCCCCCCCCCCCCCCCCCCCC. The van der Waals surface area contributed by atoms with Crippen LogP contribution in [0.5, 0.6) is 0 Å². The van der Waals surface area contributed by atoms with Crippen molar-refractivity contribution in [3.05, 3.63) is 24.3 Å². The summed E-state index contributed by atoms with van der Waals surface area (Å²) in [6, 6.07) is 0. The molecule has 0 radical (unpaired) electrons. The van der Waals surface area contributed by atoms with E-state index in [1.54, 1.807) is 0 Å². The minimum atomic E-state index is -0.767. The van der Waals surface area contributed by atoms with Crippen molar-refractivity contribution >= 4 is 17.9 Å². The van der Waals surface area contributed by atoms with Crippen molar-refractivity contribution in [1.82, 2.24) is 0 Å². The van der Waals surface area contributed by atoms with E-state index in [9.17, 15) is 14.4 Å². The first-order valence-corrected chi connectivity index (χ1v) is 28.8. The van der Waals surface area contributed by atoms with Gasteiger partial charge in [0.05, 0.1) is 0 Å². The molecule has 0 N–H and O–H groups in total. The monoisotopic (exact) mass is 915 g/mol. The summed E-state index contributed by atoms with van der Waals surface area (Å²) in [7, 11) is 0. The molecule has 0 aromatic heterocycles. The molecule has 0 spiro atoms. The predicted molar refractivity (Wildman–Crippen MR) is 279 cm³/mol. The molecule has 0 aromatic rings. The van der Waals surface area contributed by atoms with Crippen LogP contribution in [0.15, 0.2) is 24.3 Å². The maximum Gasteiger partial charge on any atom is 0.306 e. The third-order valence-electron chi connectivity index (χ3n) is 13.0. The minimum absolute atomic E-state index is 0.0678. The number of esters is 3. The van der Waals surface area contributed by atoms with E-state index in [0.717, 1.165) is 64.2 Å². The van der Waals surface area contributed by atoms with Crippen molar-refractivity contribution in [1.29, 1.82) is 0 Å². The lowest BCUT2D eigenvalue weighted by molar-refractivity contribution is -0.167. The van der Waals surface area contributed by atoms with Crippen LogP contribution in [0.2, 0.25) is 0 Å². The van der Waals surface area contributed by atoms with Crippen LogP contribution < -0.4 is 0 Å². The van der Waals surface area contributed by atoms with Crippen LogP contribution in [0.25, 0.3) is 0 Å². The summed E-state index contributed by atoms with van der Waals surface area (Å²) >= 11 is 0. The van der Waals surface area contributed by atoms with E-state index in [-0.39, 0.29) is 31.1 Å². The Labute approximate surface area is 404 Å². The van der Waals surface area contributed by atoms with Crippen molar-refractivity contribution in [2.24, 2.45) is 0 Å². The predicted octanol–water partition coefficient (Wildman–Crippen LogP) is 19.1. The molecule has 0 rings (SSSR count). The van der Waals surface area contributed by atoms with Gasteiger partial charge >= 0.3 is 17.9 Å². The van der Waals surface area contributed by atoms with Gasteiger partial charge in [0.2, 0.25) is 0 Å². The smallest absolute Gasteiger partial charge is 0.306 e. The molecule has 0 aromatic carbocycles. The summed E-state index contributed by atoms with van der Waals surface area (Å²) in [4.78, 5) is 38.0. The molecule has 0 amide bonds. The Morgan fingerprint density at radius 1 is 0.308 bits per heavy atom. The molecule has 0 bridgehead atoms. The molecule has 0 aliphatic carbocycles.